The summed E-state index contributed by atoms with van der Waals surface area (Å²) in [5, 5.41) is 0. The maximum Gasteiger partial charge on any atom is 0.322 e. The third-order valence-electron chi connectivity index (χ3n) is 5.05. The maximum atomic E-state index is 12.6. The van der Waals surface area contributed by atoms with Crippen LogP contribution in [-0.2, 0) is 16.0 Å². The molecule has 0 N–H and O–H groups in total. The van der Waals surface area contributed by atoms with Gasteiger partial charge in [-0.2, -0.15) is 0 Å². The van der Waals surface area contributed by atoms with Crippen molar-refractivity contribution in [1.82, 2.24) is 0 Å². The van der Waals surface area contributed by atoms with E-state index in [2.05, 4.69) is 44.2 Å². The molecule has 0 aromatic heterocycles. The molecule has 0 saturated carbocycles. The number of cyclic esters (lactones) is 1. The van der Waals surface area contributed by atoms with E-state index in [1.54, 1.807) is 11.8 Å². The first-order valence-electron chi connectivity index (χ1n) is 8.47. The minimum absolute atomic E-state index is 0.0844. The summed E-state index contributed by atoms with van der Waals surface area (Å²) in [7, 11) is 0. The third-order valence-corrected chi connectivity index (χ3v) is 6.48. The van der Waals surface area contributed by atoms with Gasteiger partial charge in [0.2, 0.25) is 0 Å². The number of thioether (sulfide) groups is 1. The number of aryl methyl sites for hydroxylation is 2. The van der Waals surface area contributed by atoms with E-state index in [0.717, 1.165) is 17.7 Å². The molecule has 0 bridgehead atoms. The summed E-state index contributed by atoms with van der Waals surface area (Å²) < 4.78 is 4.89. The fraction of sp³-hybridized carbons (Fsp3) is 0.381. The monoisotopic (exact) mass is 340 g/mol. The second kappa shape index (κ2) is 7.02. The summed E-state index contributed by atoms with van der Waals surface area (Å²) in [6, 6.07) is 16.6. The molecule has 3 rings (SSSR count). The molecular formula is C21H24O2S. The molecular weight excluding hydrogens is 316 g/mol. The third kappa shape index (κ3) is 3.36. The zero-order valence-electron chi connectivity index (χ0n) is 14.5. The summed E-state index contributed by atoms with van der Waals surface area (Å²) in [6.45, 7) is 6.89. The zero-order valence-corrected chi connectivity index (χ0v) is 15.4. The van der Waals surface area contributed by atoms with Gasteiger partial charge >= 0.3 is 5.97 Å². The number of carbonyl (C=O) groups is 1. The molecule has 1 aliphatic heterocycles. The van der Waals surface area contributed by atoms with Crippen LogP contribution in [-0.4, -0.2) is 17.3 Å². The van der Waals surface area contributed by atoms with Crippen molar-refractivity contribution in [1.29, 1.82) is 0 Å². The summed E-state index contributed by atoms with van der Waals surface area (Å²) in [5.41, 5.74) is 3.99. The number of benzene rings is 2. The van der Waals surface area contributed by atoms with Crippen molar-refractivity contribution in [2.45, 2.75) is 43.3 Å². The smallest absolute Gasteiger partial charge is 0.322 e. The van der Waals surface area contributed by atoms with E-state index in [9.17, 15) is 4.79 Å². The molecule has 2 aromatic carbocycles. The van der Waals surface area contributed by atoms with E-state index in [1.165, 1.54) is 16.7 Å². The van der Waals surface area contributed by atoms with E-state index in [0.29, 0.717) is 6.61 Å². The average molecular weight is 340 g/mol. The standard InChI is InChI=1S/C21H24O2S/c1-15-8-7-9-16(2)19(15)14-17-12-13-23-20(22)21(17,3)24-18-10-5-4-6-11-18/h4-11,17H,12-14H2,1-3H3. The number of hydrogen-bond donors (Lipinski definition) is 0. The van der Waals surface area contributed by atoms with Crippen LogP contribution < -0.4 is 0 Å². The van der Waals surface area contributed by atoms with Crippen molar-refractivity contribution in [2.24, 2.45) is 5.92 Å². The highest BCUT2D eigenvalue weighted by atomic mass is 32.2. The van der Waals surface area contributed by atoms with Gasteiger partial charge in [-0.15, -0.1) is 11.8 Å². The Morgan fingerprint density at radius 3 is 2.42 bits per heavy atom. The molecule has 1 heterocycles. The number of rotatable bonds is 4. The van der Waals surface area contributed by atoms with Crippen LogP contribution in [0.5, 0.6) is 0 Å². The lowest BCUT2D eigenvalue weighted by atomic mass is 9.81. The Balaban J connectivity index is 1.90. The van der Waals surface area contributed by atoms with E-state index >= 15 is 0 Å². The van der Waals surface area contributed by atoms with Crippen LogP contribution in [0.3, 0.4) is 0 Å². The molecule has 2 nitrogen and oxygen atoms in total. The summed E-state index contributed by atoms with van der Waals surface area (Å²) in [6.07, 6.45) is 1.83. The van der Waals surface area contributed by atoms with Gasteiger partial charge in [0.15, 0.2) is 0 Å². The highest BCUT2D eigenvalue weighted by Gasteiger charge is 2.46. The van der Waals surface area contributed by atoms with Gasteiger partial charge in [0.1, 0.15) is 4.75 Å². The molecule has 24 heavy (non-hydrogen) atoms. The quantitative estimate of drug-likeness (QED) is 0.736. The molecule has 1 saturated heterocycles. The molecule has 0 aliphatic carbocycles. The molecule has 1 fully saturated rings. The minimum atomic E-state index is -0.547. The first-order valence-corrected chi connectivity index (χ1v) is 9.29. The van der Waals surface area contributed by atoms with Gasteiger partial charge < -0.3 is 4.74 Å². The first kappa shape index (κ1) is 17.1. The van der Waals surface area contributed by atoms with Crippen LogP contribution in [0.1, 0.15) is 30.0 Å². The van der Waals surface area contributed by atoms with Crippen LogP contribution in [0.4, 0.5) is 0 Å². The average Bonchev–Trinajstić information content (AvgIpc) is 2.56. The Labute approximate surface area is 148 Å². The van der Waals surface area contributed by atoms with Gasteiger partial charge in [0.25, 0.3) is 0 Å². The highest BCUT2D eigenvalue weighted by molar-refractivity contribution is 8.01. The second-order valence-electron chi connectivity index (χ2n) is 6.72. The fourth-order valence-electron chi connectivity index (χ4n) is 3.45. The lowest BCUT2D eigenvalue weighted by molar-refractivity contribution is -0.152. The van der Waals surface area contributed by atoms with Gasteiger partial charge in [-0.3, -0.25) is 4.79 Å². The topological polar surface area (TPSA) is 26.3 Å². The molecule has 126 valence electrons. The minimum Gasteiger partial charge on any atom is -0.465 e. The van der Waals surface area contributed by atoms with Crippen molar-refractivity contribution < 1.29 is 9.53 Å². The van der Waals surface area contributed by atoms with Crippen molar-refractivity contribution in [2.75, 3.05) is 6.61 Å². The number of carbonyl (C=O) groups excluding carboxylic acids is 1. The molecule has 2 unspecified atom stereocenters. The highest BCUT2D eigenvalue weighted by Crippen LogP contribution is 2.45. The van der Waals surface area contributed by atoms with Crippen LogP contribution in [0.2, 0.25) is 0 Å². The van der Waals surface area contributed by atoms with Crippen molar-refractivity contribution in [3.05, 3.63) is 65.2 Å². The van der Waals surface area contributed by atoms with E-state index in [4.69, 9.17) is 4.74 Å². The molecule has 2 aromatic rings. The Kier molecular flexibility index (Phi) is 5.00. The van der Waals surface area contributed by atoms with Crippen LogP contribution in [0, 0.1) is 19.8 Å². The Bertz CT molecular complexity index is 706. The van der Waals surface area contributed by atoms with Crippen LogP contribution in [0.25, 0.3) is 0 Å². The number of ether oxygens (including phenoxy) is 1. The Morgan fingerprint density at radius 2 is 1.75 bits per heavy atom. The van der Waals surface area contributed by atoms with Gasteiger partial charge in [0, 0.05) is 4.90 Å². The summed E-state index contributed by atoms with van der Waals surface area (Å²) in [4.78, 5) is 13.8. The van der Waals surface area contributed by atoms with E-state index < -0.39 is 4.75 Å². The van der Waals surface area contributed by atoms with Crippen LogP contribution in [0.15, 0.2) is 53.4 Å². The zero-order chi connectivity index (χ0) is 17.2. The lowest BCUT2D eigenvalue weighted by Crippen LogP contribution is -2.46. The van der Waals surface area contributed by atoms with Crippen LogP contribution >= 0.6 is 11.8 Å². The normalized spacial score (nSPS) is 23.8. The van der Waals surface area contributed by atoms with Crippen molar-refractivity contribution >= 4 is 17.7 Å². The molecule has 0 amide bonds. The second-order valence-corrected chi connectivity index (χ2v) is 8.24. The molecule has 1 aliphatic rings. The van der Waals surface area contributed by atoms with E-state index in [1.807, 2.05) is 25.1 Å². The predicted molar refractivity (Wildman–Crippen MR) is 99.4 cm³/mol. The lowest BCUT2D eigenvalue weighted by Gasteiger charge is -2.39. The molecule has 2 atom stereocenters. The fourth-order valence-corrected chi connectivity index (χ4v) is 4.74. The number of hydrogen-bond acceptors (Lipinski definition) is 3. The summed E-state index contributed by atoms with van der Waals surface area (Å²) >= 11 is 1.64. The van der Waals surface area contributed by atoms with Gasteiger partial charge in [-0.05, 0) is 68.4 Å². The predicted octanol–water partition coefficient (Wildman–Crippen LogP) is 4.96. The SMILES string of the molecule is Cc1cccc(C)c1CC1CCOC(=O)C1(C)Sc1ccccc1. The first-order chi connectivity index (χ1) is 11.5. The molecule has 3 heteroatoms. The van der Waals surface area contributed by atoms with Crippen molar-refractivity contribution in [3.8, 4) is 0 Å². The Hall–Kier alpha value is -1.74. The van der Waals surface area contributed by atoms with E-state index in [-0.39, 0.29) is 11.9 Å². The Morgan fingerprint density at radius 1 is 1.08 bits per heavy atom. The van der Waals surface area contributed by atoms with Gasteiger partial charge in [0.05, 0.1) is 6.61 Å². The summed E-state index contributed by atoms with van der Waals surface area (Å²) in [5.74, 6) is 0.183. The van der Waals surface area contributed by atoms with Gasteiger partial charge in [-0.1, -0.05) is 36.4 Å². The van der Waals surface area contributed by atoms with Crippen molar-refractivity contribution in [3.63, 3.8) is 0 Å². The van der Waals surface area contributed by atoms with Gasteiger partial charge in [-0.25, -0.2) is 0 Å². The molecule has 0 radical (unpaired) electrons. The molecule has 0 spiro atoms. The largest absolute Gasteiger partial charge is 0.465 e. The number of esters is 1. The maximum absolute atomic E-state index is 12.6.